The standard InChI is InChI=1S/C14H29O2.Li/c1-3-5-7-8-9-11-13-16-14-15-12-10-6-4-2;/h4H,3,5-14H2,1-2H3;/q-1;+1. The molecule has 0 radical (unpaired) electrons. The van der Waals surface area contributed by atoms with E-state index in [2.05, 4.69) is 20.3 Å². The molecule has 0 aromatic carbocycles. The summed E-state index contributed by atoms with van der Waals surface area (Å²) in [5.74, 6) is 0. The van der Waals surface area contributed by atoms with Crippen LogP contribution in [-0.4, -0.2) is 20.0 Å². The molecule has 0 heterocycles. The summed E-state index contributed by atoms with van der Waals surface area (Å²) >= 11 is 0. The Morgan fingerprint density at radius 3 is 2.06 bits per heavy atom. The molecule has 0 N–H and O–H groups in total. The molecule has 98 valence electrons. The number of ether oxygens (including phenoxy) is 2. The van der Waals surface area contributed by atoms with E-state index >= 15 is 0 Å². The van der Waals surface area contributed by atoms with E-state index in [4.69, 9.17) is 9.47 Å². The van der Waals surface area contributed by atoms with E-state index in [9.17, 15) is 0 Å². The van der Waals surface area contributed by atoms with Gasteiger partial charge in [0.25, 0.3) is 0 Å². The summed E-state index contributed by atoms with van der Waals surface area (Å²) in [6.45, 7) is 6.47. The van der Waals surface area contributed by atoms with Crippen molar-refractivity contribution in [3.63, 3.8) is 0 Å². The normalized spacial score (nSPS) is 10.2. The van der Waals surface area contributed by atoms with Gasteiger partial charge in [0.2, 0.25) is 0 Å². The van der Waals surface area contributed by atoms with Crippen molar-refractivity contribution in [2.45, 2.75) is 65.2 Å². The smallest absolute Gasteiger partial charge is 0.356 e. The minimum Gasteiger partial charge on any atom is -0.356 e. The van der Waals surface area contributed by atoms with E-state index in [0.29, 0.717) is 6.79 Å². The Labute approximate surface area is 120 Å². The maximum absolute atomic E-state index is 5.39. The first kappa shape index (κ1) is 19.8. The Morgan fingerprint density at radius 2 is 1.41 bits per heavy atom. The van der Waals surface area contributed by atoms with Crippen LogP contribution in [0.25, 0.3) is 0 Å². The van der Waals surface area contributed by atoms with E-state index < -0.39 is 0 Å². The molecule has 0 saturated carbocycles. The van der Waals surface area contributed by atoms with Crippen LogP contribution in [0.2, 0.25) is 0 Å². The molecule has 0 aromatic heterocycles. The molecule has 3 heteroatoms. The molecule has 0 atom stereocenters. The fraction of sp³-hybridized carbons (Fsp3) is 0.929. The van der Waals surface area contributed by atoms with Crippen LogP contribution in [0.4, 0.5) is 0 Å². The Hall–Kier alpha value is 0.517. The number of hydrogen-bond donors (Lipinski definition) is 0. The van der Waals surface area contributed by atoms with Crippen LogP contribution < -0.4 is 18.9 Å². The minimum atomic E-state index is 0. The van der Waals surface area contributed by atoms with Crippen molar-refractivity contribution in [1.82, 2.24) is 0 Å². The summed E-state index contributed by atoms with van der Waals surface area (Å²) < 4.78 is 10.7. The van der Waals surface area contributed by atoms with Gasteiger partial charge in [0.05, 0.1) is 0 Å². The van der Waals surface area contributed by atoms with Gasteiger partial charge in [-0.1, -0.05) is 45.4 Å². The molecule has 17 heavy (non-hydrogen) atoms. The van der Waals surface area contributed by atoms with Crippen LogP contribution in [0.3, 0.4) is 0 Å². The van der Waals surface area contributed by atoms with E-state index in [1.165, 1.54) is 38.5 Å². The predicted molar refractivity (Wildman–Crippen MR) is 69.4 cm³/mol. The van der Waals surface area contributed by atoms with Gasteiger partial charge >= 0.3 is 18.9 Å². The van der Waals surface area contributed by atoms with Gasteiger partial charge in [0, 0.05) is 13.2 Å². The van der Waals surface area contributed by atoms with Gasteiger partial charge in [-0.15, -0.1) is 0 Å². The van der Waals surface area contributed by atoms with Crippen LogP contribution >= 0.6 is 0 Å². The number of unbranched alkanes of at least 4 members (excludes halogenated alkanes) is 7. The van der Waals surface area contributed by atoms with Crippen LogP contribution in [-0.2, 0) is 9.47 Å². The van der Waals surface area contributed by atoms with Crippen molar-refractivity contribution < 1.29 is 28.3 Å². The molecule has 0 aromatic rings. The van der Waals surface area contributed by atoms with Crippen molar-refractivity contribution in [3.05, 3.63) is 6.42 Å². The monoisotopic (exact) mass is 236 g/mol. The first-order valence-electron chi connectivity index (χ1n) is 6.85. The fourth-order valence-electron chi connectivity index (χ4n) is 1.55. The second-order valence-corrected chi connectivity index (χ2v) is 4.25. The van der Waals surface area contributed by atoms with Crippen molar-refractivity contribution in [2.24, 2.45) is 0 Å². The van der Waals surface area contributed by atoms with Crippen molar-refractivity contribution >= 4 is 0 Å². The van der Waals surface area contributed by atoms with Crippen LogP contribution in [0, 0.1) is 6.42 Å². The topological polar surface area (TPSA) is 18.5 Å². The van der Waals surface area contributed by atoms with Gasteiger partial charge in [-0.05, 0) is 6.42 Å². The summed E-state index contributed by atoms with van der Waals surface area (Å²) in [6.07, 6.45) is 12.3. The average Bonchev–Trinajstić information content (AvgIpc) is 2.31. The zero-order valence-electron chi connectivity index (χ0n) is 12.2. The molecule has 0 rings (SSSR count). The van der Waals surface area contributed by atoms with E-state index in [-0.39, 0.29) is 18.9 Å². The maximum atomic E-state index is 5.39. The Bertz CT molecular complexity index is 107. The SMILES string of the molecule is C[CH-]CCCOCOCCCCCCCC.[Li+]. The second-order valence-electron chi connectivity index (χ2n) is 4.25. The number of rotatable bonds is 13. The zero-order chi connectivity index (χ0) is 11.9. The second kappa shape index (κ2) is 18.9. The molecule has 0 aliphatic carbocycles. The van der Waals surface area contributed by atoms with Gasteiger partial charge in [-0.3, -0.25) is 0 Å². The zero-order valence-corrected chi connectivity index (χ0v) is 12.2. The summed E-state index contributed by atoms with van der Waals surface area (Å²) in [5.41, 5.74) is 0. The molecule has 0 unspecified atom stereocenters. The third-order valence-corrected chi connectivity index (χ3v) is 2.59. The van der Waals surface area contributed by atoms with E-state index in [1.54, 1.807) is 0 Å². The summed E-state index contributed by atoms with van der Waals surface area (Å²) in [7, 11) is 0. The molecule has 0 bridgehead atoms. The van der Waals surface area contributed by atoms with Crippen molar-refractivity contribution in [2.75, 3.05) is 20.0 Å². The molecular weight excluding hydrogens is 207 g/mol. The molecule has 2 nitrogen and oxygen atoms in total. The molecule has 0 amide bonds. The van der Waals surface area contributed by atoms with Crippen molar-refractivity contribution in [1.29, 1.82) is 0 Å². The van der Waals surface area contributed by atoms with Gasteiger partial charge in [0.15, 0.2) is 0 Å². The van der Waals surface area contributed by atoms with Gasteiger partial charge < -0.3 is 15.9 Å². The Kier molecular flexibility index (Phi) is 22.0. The first-order valence-corrected chi connectivity index (χ1v) is 6.85. The maximum Gasteiger partial charge on any atom is 1.00 e. The van der Waals surface area contributed by atoms with Gasteiger partial charge in [0.1, 0.15) is 6.79 Å². The molecule has 0 saturated heterocycles. The number of hydrogen-bond acceptors (Lipinski definition) is 2. The predicted octanol–water partition coefficient (Wildman–Crippen LogP) is 1.35. The molecule has 0 spiro atoms. The Balaban J connectivity index is 0. The third kappa shape index (κ3) is 19.1. The quantitative estimate of drug-likeness (QED) is 0.208. The first-order chi connectivity index (χ1) is 7.91. The third-order valence-electron chi connectivity index (χ3n) is 2.59. The summed E-state index contributed by atoms with van der Waals surface area (Å²) in [6, 6.07) is 0. The summed E-state index contributed by atoms with van der Waals surface area (Å²) in [4.78, 5) is 0. The average molecular weight is 236 g/mol. The molecule has 0 fully saturated rings. The largest absolute Gasteiger partial charge is 1.00 e. The van der Waals surface area contributed by atoms with E-state index in [0.717, 1.165) is 26.1 Å². The van der Waals surface area contributed by atoms with E-state index in [1.807, 2.05) is 0 Å². The van der Waals surface area contributed by atoms with Gasteiger partial charge in [-0.2, -0.15) is 13.3 Å². The Morgan fingerprint density at radius 1 is 0.824 bits per heavy atom. The van der Waals surface area contributed by atoms with Crippen LogP contribution in [0.5, 0.6) is 0 Å². The minimum absolute atomic E-state index is 0. The van der Waals surface area contributed by atoms with Crippen LogP contribution in [0.15, 0.2) is 0 Å². The molecule has 0 aliphatic rings. The molecule has 0 aliphatic heterocycles. The molecular formula is C14H29LiO2. The summed E-state index contributed by atoms with van der Waals surface area (Å²) in [5, 5.41) is 0. The van der Waals surface area contributed by atoms with Crippen LogP contribution in [0.1, 0.15) is 65.2 Å². The van der Waals surface area contributed by atoms with Crippen molar-refractivity contribution in [3.8, 4) is 0 Å². The fourth-order valence-corrected chi connectivity index (χ4v) is 1.55. The van der Waals surface area contributed by atoms with Gasteiger partial charge in [-0.25, -0.2) is 0 Å².